The summed E-state index contributed by atoms with van der Waals surface area (Å²) in [6.45, 7) is -1.26. The van der Waals surface area contributed by atoms with Crippen molar-refractivity contribution in [1.29, 1.82) is 0 Å². The van der Waals surface area contributed by atoms with E-state index < -0.39 is 86.2 Å². The van der Waals surface area contributed by atoms with E-state index in [0.29, 0.717) is 5.39 Å². The molecule has 0 aliphatic carbocycles. The number of benzene rings is 2. The number of carbonyl (C=O) groups excluding carboxylic acids is 1. The van der Waals surface area contributed by atoms with Gasteiger partial charge in [0.25, 0.3) is 0 Å². The molecular weight excluding hydrogens is 632 g/mol. The Hall–Kier alpha value is -4.04. The summed E-state index contributed by atoms with van der Waals surface area (Å²) in [6, 6.07) is 9.37. The number of esters is 1. The van der Waals surface area contributed by atoms with Crippen molar-refractivity contribution in [2.24, 2.45) is 0 Å². The van der Waals surface area contributed by atoms with Crippen LogP contribution in [-0.4, -0.2) is 131 Å². The van der Waals surface area contributed by atoms with Gasteiger partial charge >= 0.3 is 11.6 Å². The molecule has 17 nitrogen and oxygen atoms in total. The highest BCUT2D eigenvalue weighted by Crippen LogP contribution is 2.35. The number of aliphatic hydroxyl groups is 7. The molecule has 7 N–H and O–H groups in total. The van der Waals surface area contributed by atoms with Gasteiger partial charge in [-0.15, -0.1) is 0 Å². The summed E-state index contributed by atoms with van der Waals surface area (Å²) >= 11 is 0. The molecule has 47 heavy (non-hydrogen) atoms. The summed E-state index contributed by atoms with van der Waals surface area (Å²) in [7, 11) is 2.62. The van der Waals surface area contributed by atoms with Crippen LogP contribution in [0.4, 0.5) is 0 Å². The van der Waals surface area contributed by atoms with Gasteiger partial charge in [-0.05, 0) is 30.3 Å². The lowest BCUT2D eigenvalue weighted by Crippen LogP contribution is -2.60. The number of aliphatic hydroxyl groups excluding tert-OH is 7. The molecule has 2 aliphatic rings. The number of fused-ring (bicyclic) bond motifs is 1. The molecule has 3 aromatic rings. The molecular formula is C30H34O17. The summed E-state index contributed by atoms with van der Waals surface area (Å²) in [5, 5.41) is 71.8. The van der Waals surface area contributed by atoms with E-state index in [1.165, 1.54) is 56.7 Å². The molecule has 0 bridgehead atoms. The first kappa shape index (κ1) is 34.3. The molecule has 0 spiro atoms. The monoisotopic (exact) mass is 666 g/mol. The molecule has 2 saturated heterocycles. The maximum absolute atomic E-state index is 12.9. The first-order valence-electron chi connectivity index (χ1n) is 14.3. The fraction of sp³-hybridized carbons (Fsp3) is 0.467. The predicted molar refractivity (Wildman–Crippen MR) is 154 cm³/mol. The number of hydrogen-bond acceptors (Lipinski definition) is 17. The van der Waals surface area contributed by atoms with Crippen molar-refractivity contribution in [1.82, 2.24) is 0 Å². The van der Waals surface area contributed by atoms with E-state index >= 15 is 0 Å². The molecule has 17 heteroatoms. The lowest BCUT2D eigenvalue weighted by Gasteiger charge is -2.40. The Bertz CT molecular complexity index is 1610. The third kappa shape index (κ3) is 7.13. The van der Waals surface area contributed by atoms with Crippen molar-refractivity contribution in [2.45, 2.75) is 61.4 Å². The number of methoxy groups -OCH3 is 2. The Morgan fingerprint density at radius 1 is 0.702 bits per heavy atom. The molecule has 0 amide bonds. The van der Waals surface area contributed by atoms with E-state index in [1.54, 1.807) is 0 Å². The van der Waals surface area contributed by atoms with E-state index in [-0.39, 0.29) is 34.1 Å². The van der Waals surface area contributed by atoms with Crippen molar-refractivity contribution in [3.05, 3.63) is 58.4 Å². The molecule has 3 heterocycles. The van der Waals surface area contributed by atoms with E-state index in [2.05, 4.69) is 0 Å². The van der Waals surface area contributed by atoms with E-state index in [0.717, 1.165) is 0 Å². The predicted octanol–water partition coefficient (Wildman–Crippen LogP) is -1.97. The van der Waals surface area contributed by atoms with Gasteiger partial charge in [0.2, 0.25) is 12.6 Å². The molecule has 256 valence electrons. The second kappa shape index (κ2) is 14.4. The molecule has 0 saturated carbocycles. The Balaban J connectivity index is 1.26. The number of hydrogen-bond donors (Lipinski definition) is 7. The van der Waals surface area contributed by atoms with Crippen molar-refractivity contribution in [3.63, 3.8) is 0 Å². The lowest BCUT2D eigenvalue weighted by molar-refractivity contribution is -0.277. The van der Waals surface area contributed by atoms with Crippen LogP contribution in [0, 0.1) is 0 Å². The molecule has 0 unspecified atom stereocenters. The van der Waals surface area contributed by atoms with Gasteiger partial charge in [-0.3, -0.25) is 0 Å². The van der Waals surface area contributed by atoms with Crippen LogP contribution in [0.1, 0.15) is 10.4 Å². The summed E-state index contributed by atoms with van der Waals surface area (Å²) in [4.78, 5) is 24.6. The topological polar surface area (TPSA) is 253 Å². The molecule has 2 aliphatic heterocycles. The third-order valence-corrected chi connectivity index (χ3v) is 7.69. The van der Waals surface area contributed by atoms with Crippen LogP contribution in [0.5, 0.6) is 23.0 Å². The first-order chi connectivity index (χ1) is 22.4. The standard InChI is InChI=1S/C30H34O17/c1-40-16-8-13(3-5-14(16)44-29-26(37)24(35)22(33)19(10-31)46-29)28(39)42-11-20-23(34)25(36)27(38)30(47-20)45-18-9-15-12(7-17(18)41-2)4-6-21(32)43-15/h3-9,19-20,22-27,29-31,33-38H,10-11H2,1-2H3/t19-,20-,22-,23-,24+,25+,26-,27-,29-,30-/m1/s1. The smallest absolute Gasteiger partial charge is 0.338 e. The number of ether oxygens (including phenoxy) is 7. The van der Waals surface area contributed by atoms with Gasteiger partial charge in [-0.2, -0.15) is 0 Å². The van der Waals surface area contributed by atoms with Crippen LogP contribution in [0.15, 0.2) is 51.7 Å². The van der Waals surface area contributed by atoms with Crippen molar-refractivity contribution in [2.75, 3.05) is 27.4 Å². The summed E-state index contributed by atoms with van der Waals surface area (Å²) in [5.74, 6) is -0.797. The van der Waals surface area contributed by atoms with E-state index in [9.17, 15) is 45.3 Å². The van der Waals surface area contributed by atoms with Crippen LogP contribution in [-0.2, 0) is 14.2 Å². The van der Waals surface area contributed by atoms with Gasteiger partial charge in [0.05, 0.1) is 26.4 Å². The van der Waals surface area contributed by atoms with Crippen molar-refractivity contribution >= 4 is 16.9 Å². The zero-order valence-electron chi connectivity index (χ0n) is 24.9. The third-order valence-electron chi connectivity index (χ3n) is 7.69. The van der Waals surface area contributed by atoms with Gasteiger partial charge in [-0.1, -0.05) is 0 Å². The maximum atomic E-state index is 12.9. The van der Waals surface area contributed by atoms with Crippen LogP contribution < -0.4 is 24.6 Å². The van der Waals surface area contributed by atoms with E-state index in [4.69, 9.17) is 37.6 Å². The quantitative estimate of drug-likeness (QED) is 0.0915. The Labute approximate surface area is 265 Å². The average Bonchev–Trinajstić information content (AvgIpc) is 3.07. The fourth-order valence-corrected chi connectivity index (χ4v) is 5.03. The largest absolute Gasteiger partial charge is 0.493 e. The summed E-state index contributed by atoms with van der Waals surface area (Å²) in [5.41, 5.74) is -0.523. The average molecular weight is 667 g/mol. The summed E-state index contributed by atoms with van der Waals surface area (Å²) in [6.07, 6.45) is -15.8. The second-order valence-corrected chi connectivity index (χ2v) is 10.7. The van der Waals surface area contributed by atoms with Gasteiger partial charge < -0.3 is 73.3 Å². The zero-order chi connectivity index (χ0) is 34.0. The molecule has 10 atom stereocenters. The molecule has 1 aromatic heterocycles. The minimum Gasteiger partial charge on any atom is -0.493 e. The summed E-state index contributed by atoms with van der Waals surface area (Å²) < 4.78 is 43.4. The van der Waals surface area contributed by atoms with Gasteiger partial charge in [0.1, 0.15) is 61.0 Å². The molecule has 5 rings (SSSR count). The normalized spacial score (nSPS) is 30.8. The van der Waals surface area contributed by atoms with Crippen LogP contribution in [0.2, 0.25) is 0 Å². The Morgan fingerprint density at radius 2 is 1.30 bits per heavy atom. The van der Waals surface area contributed by atoms with Gasteiger partial charge in [-0.25, -0.2) is 9.59 Å². The van der Waals surface area contributed by atoms with E-state index in [1.807, 2.05) is 0 Å². The molecule has 0 radical (unpaired) electrons. The second-order valence-electron chi connectivity index (χ2n) is 10.7. The number of carbonyl (C=O) groups is 1. The Morgan fingerprint density at radius 3 is 1.94 bits per heavy atom. The van der Waals surface area contributed by atoms with Crippen LogP contribution in [0.25, 0.3) is 11.0 Å². The molecule has 2 fully saturated rings. The minimum atomic E-state index is -1.78. The van der Waals surface area contributed by atoms with Crippen LogP contribution in [0.3, 0.4) is 0 Å². The SMILES string of the molecule is COc1cc(C(=O)OC[C@H]2O[C@@H](Oc3cc4oc(=O)ccc4cc3OC)[C@H](O)[C@@H](O)[C@@H]2O)ccc1O[C@@H]1O[C@H](CO)[C@@H](O)[C@H](O)[C@H]1O. The van der Waals surface area contributed by atoms with Crippen molar-refractivity contribution < 1.29 is 78.1 Å². The maximum Gasteiger partial charge on any atom is 0.338 e. The highest BCUT2D eigenvalue weighted by atomic mass is 16.7. The van der Waals surface area contributed by atoms with Crippen molar-refractivity contribution in [3.8, 4) is 23.0 Å². The fourth-order valence-electron chi connectivity index (χ4n) is 5.03. The first-order valence-corrected chi connectivity index (χ1v) is 14.3. The highest BCUT2D eigenvalue weighted by molar-refractivity contribution is 5.90. The minimum absolute atomic E-state index is 0.0162. The lowest BCUT2D eigenvalue weighted by atomic mass is 9.99. The number of rotatable bonds is 10. The van der Waals surface area contributed by atoms with Gasteiger partial charge in [0, 0.05) is 17.5 Å². The van der Waals surface area contributed by atoms with Gasteiger partial charge in [0.15, 0.2) is 23.0 Å². The zero-order valence-corrected chi connectivity index (χ0v) is 24.9. The molecule has 2 aromatic carbocycles. The van der Waals surface area contributed by atoms with Crippen LogP contribution >= 0.6 is 0 Å². The Kier molecular flexibility index (Phi) is 10.5. The highest BCUT2D eigenvalue weighted by Gasteiger charge is 2.46.